The minimum atomic E-state index is -0.556. The van der Waals surface area contributed by atoms with Gasteiger partial charge in [0.05, 0.1) is 6.04 Å². The van der Waals surface area contributed by atoms with Crippen LogP contribution in [0.5, 0.6) is 0 Å². The van der Waals surface area contributed by atoms with E-state index in [9.17, 15) is 14.4 Å². The minimum absolute atomic E-state index is 0.0190. The zero-order valence-corrected chi connectivity index (χ0v) is 13.2. The van der Waals surface area contributed by atoms with Crippen molar-refractivity contribution in [3.63, 3.8) is 0 Å². The summed E-state index contributed by atoms with van der Waals surface area (Å²) < 4.78 is 5.12. The van der Waals surface area contributed by atoms with E-state index in [4.69, 9.17) is 4.74 Å². The molecule has 1 saturated carbocycles. The molecule has 1 aliphatic carbocycles. The predicted octanol–water partition coefficient (Wildman–Crippen LogP) is 2.58. The van der Waals surface area contributed by atoms with Crippen molar-refractivity contribution in [2.75, 3.05) is 6.61 Å². The second-order valence-corrected chi connectivity index (χ2v) is 6.49. The van der Waals surface area contributed by atoms with Gasteiger partial charge in [-0.2, -0.15) is 0 Å². The Hall–Kier alpha value is -2.17. The fourth-order valence-electron chi connectivity index (χ4n) is 3.52. The Balaban J connectivity index is 1.74. The molecule has 0 radical (unpaired) electrons. The average Bonchev–Trinajstić information content (AvgIpc) is 2.88. The fraction of sp³-hybridized carbons (Fsp3) is 0.500. The maximum Gasteiger partial charge on any atom is 0.416 e. The van der Waals surface area contributed by atoms with E-state index < -0.39 is 6.09 Å². The van der Waals surface area contributed by atoms with Gasteiger partial charge in [-0.25, -0.2) is 9.69 Å². The standard InChI is InChI=1S/C18H21NO4/c1-12-9-15(20)7-8-16(12)17(21)19-14(11-23-18(19)22)10-13-5-3-2-4-6-13/h2-6,12,14,16H,7-11H2,1H3/t12-,14?,16-/m1/s1. The number of hydrogen-bond acceptors (Lipinski definition) is 4. The molecule has 1 unspecified atom stereocenters. The lowest BCUT2D eigenvalue weighted by Gasteiger charge is -2.31. The monoisotopic (exact) mass is 315 g/mol. The van der Waals surface area contributed by atoms with E-state index in [1.165, 1.54) is 4.90 Å². The highest BCUT2D eigenvalue weighted by atomic mass is 16.6. The SMILES string of the molecule is C[C@@H]1CC(=O)CC[C@H]1C(=O)N1C(=O)OCC1Cc1ccccc1. The van der Waals surface area contributed by atoms with Crippen molar-refractivity contribution in [1.29, 1.82) is 0 Å². The number of nitrogens with zero attached hydrogens (tertiary/aromatic N) is 1. The number of benzene rings is 1. The van der Waals surface area contributed by atoms with Crippen LogP contribution in [0.4, 0.5) is 4.79 Å². The van der Waals surface area contributed by atoms with Crippen molar-refractivity contribution in [3.8, 4) is 0 Å². The topological polar surface area (TPSA) is 63.7 Å². The molecule has 1 aromatic rings. The van der Waals surface area contributed by atoms with E-state index in [-0.39, 0.29) is 36.2 Å². The molecular weight excluding hydrogens is 294 g/mol. The number of hydrogen-bond donors (Lipinski definition) is 0. The molecule has 2 amide bonds. The third-order valence-corrected chi connectivity index (χ3v) is 4.80. The van der Waals surface area contributed by atoms with Crippen molar-refractivity contribution in [2.45, 2.75) is 38.6 Å². The van der Waals surface area contributed by atoms with Crippen molar-refractivity contribution < 1.29 is 19.1 Å². The maximum absolute atomic E-state index is 12.8. The molecule has 0 N–H and O–H groups in total. The molecule has 3 rings (SSSR count). The number of cyclic esters (lactones) is 1. The van der Waals surface area contributed by atoms with Gasteiger partial charge in [-0.3, -0.25) is 9.59 Å². The third-order valence-electron chi connectivity index (χ3n) is 4.80. The molecule has 3 atom stereocenters. The summed E-state index contributed by atoms with van der Waals surface area (Å²) in [5, 5.41) is 0. The van der Waals surface area contributed by atoms with E-state index in [0.29, 0.717) is 25.7 Å². The Morgan fingerprint density at radius 1 is 1.26 bits per heavy atom. The molecule has 1 saturated heterocycles. The number of Topliss-reactive ketones (excluding diaryl/α,β-unsaturated/α-hetero) is 1. The summed E-state index contributed by atoms with van der Waals surface area (Å²) in [6.07, 6.45) is 1.41. The van der Waals surface area contributed by atoms with Gasteiger partial charge in [-0.1, -0.05) is 37.3 Å². The van der Waals surface area contributed by atoms with Crippen LogP contribution in [0.25, 0.3) is 0 Å². The lowest BCUT2D eigenvalue weighted by Crippen LogP contribution is -2.46. The first kappa shape index (κ1) is 15.7. The molecule has 23 heavy (non-hydrogen) atoms. The van der Waals surface area contributed by atoms with E-state index in [1.54, 1.807) is 0 Å². The number of ether oxygens (including phenoxy) is 1. The van der Waals surface area contributed by atoms with Gasteiger partial charge in [-0.15, -0.1) is 0 Å². The number of carbonyl (C=O) groups excluding carboxylic acids is 3. The third kappa shape index (κ3) is 3.28. The lowest BCUT2D eigenvalue weighted by molar-refractivity contribution is -0.137. The second kappa shape index (κ2) is 6.52. The average molecular weight is 315 g/mol. The van der Waals surface area contributed by atoms with Gasteiger partial charge in [0.2, 0.25) is 5.91 Å². The van der Waals surface area contributed by atoms with Gasteiger partial charge in [-0.05, 0) is 24.3 Å². The summed E-state index contributed by atoms with van der Waals surface area (Å²) in [7, 11) is 0. The second-order valence-electron chi connectivity index (χ2n) is 6.49. The molecule has 0 aromatic heterocycles. The van der Waals surface area contributed by atoms with Crippen LogP contribution in [-0.2, 0) is 20.7 Å². The zero-order valence-electron chi connectivity index (χ0n) is 13.2. The van der Waals surface area contributed by atoms with Gasteiger partial charge in [0, 0.05) is 18.8 Å². The normalized spacial score (nSPS) is 27.9. The number of amides is 2. The van der Waals surface area contributed by atoms with Crippen LogP contribution in [0.3, 0.4) is 0 Å². The fourth-order valence-corrected chi connectivity index (χ4v) is 3.52. The van der Waals surface area contributed by atoms with Crippen LogP contribution >= 0.6 is 0 Å². The lowest BCUT2D eigenvalue weighted by atomic mass is 9.79. The zero-order chi connectivity index (χ0) is 16.4. The van der Waals surface area contributed by atoms with Gasteiger partial charge in [0.25, 0.3) is 0 Å². The number of imide groups is 1. The van der Waals surface area contributed by atoms with Crippen molar-refractivity contribution in [1.82, 2.24) is 4.90 Å². The van der Waals surface area contributed by atoms with Crippen LogP contribution in [0.2, 0.25) is 0 Å². The van der Waals surface area contributed by atoms with Gasteiger partial charge >= 0.3 is 6.09 Å². The first-order chi connectivity index (χ1) is 11.1. The van der Waals surface area contributed by atoms with Crippen LogP contribution in [0, 0.1) is 11.8 Å². The Labute approximate surface area is 135 Å². The Bertz CT molecular complexity index is 613. The molecule has 0 bridgehead atoms. The Morgan fingerprint density at radius 2 is 2.00 bits per heavy atom. The van der Waals surface area contributed by atoms with E-state index in [1.807, 2.05) is 37.3 Å². The van der Waals surface area contributed by atoms with Crippen LogP contribution in [0.15, 0.2) is 30.3 Å². The van der Waals surface area contributed by atoms with Crippen LogP contribution in [0.1, 0.15) is 31.7 Å². The highest BCUT2D eigenvalue weighted by Gasteiger charge is 2.43. The van der Waals surface area contributed by atoms with Crippen LogP contribution in [-0.4, -0.2) is 35.3 Å². The molecule has 1 aromatic carbocycles. The quantitative estimate of drug-likeness (QED) is 0.860. The Kier molecular flexibility index (Phi) is 4.46. The molecular formula is C18H21NO4. The van der Waals surface area contributed by atoms with Crippen molar-refractivity contribution in [3.05, 3.63) is 35.9 Å². The molecule has 0 spiro atoms. The summed E-state index contributed by atoms with van der Waals surface area (Å²) in [6, 6.07) is 9.51. The minimum Gasteiger partial charge on any atom is -0.447 e. The first-order valence-corrected chi connectivity index (χ1v) is 8.11. The summed E-state index contributed by atoms with van der Waals surface area (Å²) in [5.74, 6) is -0.272. The molecule has 5 nitrogen and oxygen atoms in total. The largest absolute Gasteiger partial charge is 0.447 e. The Morgan fingerprint density at radius 3 is 2.70 bits per heavy atom. The molecule has 1 aliphatic heterocycles. The maximum atomic E-state index is 12.8. The molecule has 2 fully saturated rings. The molecule has 5 heteroatoms. The van der Waals surface area contributed by atoms with E-state index in [2.05, 4.69) is 0 Å². The van der Waals surface area contributed by atoms with Crippen molar-refractivity contribution in [2.24, 2.45) is 11.8 Å². The molecule has 1 heterocycles. The number of rotatable bonds is 3. The smallest absolute Gasteiger partial charge is 0.416 e. The molecule has 122 valence electrons. The predicted molar refractivity (Wildman–Crippen MR) is 83.6 cm³/mol. The number of ketones is 1. The van der Waals surface area contributed by atoms with E-state index in [0.717, 1.165) is 5.56 Å². The summed E-state index contributed by atoms with van der Waals surface area (Å²) in [5.41, 5.74) is 1.07. The van der Waals surface area contributed by atoms with Gasteiger partial charge in [0.15, 0.2) is 0 Å². The van der Waals surface area contributed by atoms with Gasteiger partial charge in [0.1, 0.15) is 12.4 Å². The highest BCUT2D eigenvalue weighted by Crippen LogP contribution is 2.31. The van der Waals surface area contributed by atoms with Crippen LogP contribution < -0.4 is 0 Å². The van der Waals surface area contributed by atoms with Crippen molar-refractivity contribution >= 4 is 17.8 Å². The summed E-state index contributed by atoms with van der Waals surface area (Å²) in [4.78, 5) is 37.7. The number of carbonyl (C=O) groups is 3. The summed E-state index contributed by atoms with van der Waals surface area (Å²) in [6.45, 7) is 2.15. The van der Waals surface area contributed by atoms with Gasteiger partial charge < -0.3 is 4.74 Å². The molecule has 2 aliphatic rings. The highest BCUT2D eigenvalue weighted by molar-refractivity contribution is 5.96. The first-order valence-electron chi connectivity index (χ1n) is 8.11. The summed E-state index contributed by atoms with van der Waals surface area (Å²) >= 11 is 0. The van der Waals surface area contributed by atoms with E-state index >= 15 is 0 Å².